The highest BCUT2D eigenvalue weighted by Gasteiger charge is 2.39. The van der Waals surface area contributed by atoms with E-state index in [0.717, 1.165) is 22.2 Å². The topological polar surface area (TPSA) is 16.4 Å². The van der Waals surface area contributed by atoms with E-state index < -0.39 is 8.07 Å². The van der Waals surface area contributed by atoms with Crippen molar-refractivity contribution in [1.29, 1.82) is 0 Å². The second-order valence-corrected chi connectivity index (χ2v) is 22.6. The summed E-state index contributed by atoms with van der Waals surface area (Å²) in [6.45, 7) is 23.5. The average molecular weight is 696 g/mol. The summed E-state index contributed by atoms with van der Waals surface area (Å²) in [6, 6.07) is 43.9. The molecule has 0 N–H and O–H groups in total. The van der Waals surface area contributed by atoms with E-state index in [1.807, 2.05) is 0 Å². The van der Waals surface area contributed by atoms with Crippen LogP contribution in [-0.2, 0) is 16.2 Å². The Morgan fingerprint density at radius 3 is 1.87 bits per heavy atom. The van der Waals surface area contributed by atoms with E-state index in [9.17, 15) is 0 Å². The van der Waals surface area contributed by atoms with Gasteiger partial charge in [0.25, 0.3) is 0 Å². The molecular weight excluding hydrogens is 647 g/mol. The second kappa shape index (κ2) is 10.8. The summed E-state index contributed by atoms with van der Waals surface area (Å²) in [4.78, 5) is 2.49. The molecule has 1 aromatic heterocycles. The molecule has 3 heteroatoms. The maximum Gasteiger partial charge on any atom is 0.139 e. The first-order chi connectivity index (χ1) is 24.5. The molecule has 0 bridgehead atoms. The van der Waals surface area contributed by atoms with Gasteiger partial charge in [0, 0.05) is 38.8 Å². The molecule has 260 valence electrons. The Kier molecular flexibility index (Phi) is 6.88. The molecule has 0 spiro atoms. The number of anilines is 3. The van der Waals surface area contributed by atoms with Crippen LogP contribution in [0.5, 0.6) is 0 Å². The van der Waals surface area contributed by atoms with E-state index in [1.165, 1.54) is 71.6 Å². The normalized spacial score (nSPS) is 15.4. The SMILES string of the molecule is CC(C)(C)c1cc(C(C)(C)C)c2oc3ccc(N(c4ccc5c(c4)C(C)(C)c4ccccc4-5)c4ccc5c(c4)[Si](C)(C)c4ccccc4-5)cc3c2c1. The molecule has 6 aromatic carbocycles. The number of hydrogen-bond acceptors (Lipinski definition) is 2. The number of benzene rings is 6. The van der Waals surface area contributed by atoms with Crippen molar-refractivity contribution in [2.75, 3.05) is 4.90 Å². The van der Waals surface area contributed by atoms with E-state index in [1.54, 1.807) is 0 Å². The fourth-order valence-corrected chi connectivity index (χ4v) is 12.2. The zero-order valence-corrected chi connectivity index (χ0v) is 33.3. The van der Waals surface area contributed by atoms with Crippen LogP contribution in [0.2, 0.25) is 13.1 Å². The van der Waals surface area contributed by atoms with Gasteiger partial charge in [0.15, 0.2) is 0 Å². The zero-order chi connectivity index (χ0) is 36.5. The fourth-order valence-electron chi connectivity index (χ4n) is 9.11. The zero-order valence-electron chi connectivity index (χ0n) is 32.3. The molecule has 0 saturated carbocycles. The monoisotopic (exact) mass is 695 g/mol. The Morgan fingerprint density at radius 1 is 0.538 bits per heavy atom. The lowest BCUT2D eigenvalue weighted by atomic mass is 9.79. The Bertz CT molecular complexity index is 2500. The molecule has 2 aliphatic rings. The highest BCUT2D eigenvalue weighted by atomic mass is 28.3. The van der Waals surface area contributed by atoms with Gasteiger partial charge in [0.2, 0.25) is 0 Å². The maximum atomic E-state index is 6.76. The smallest absolute Gasteiger partial charge is 0.139 e. The van der Waals surface area contributed by atoms with Crippen molar-refractivity contribution in [3.63, 3.8) is 0 Å². The molecule has 2 heterocycles. The average Bonchev–Trinajstić information content (AvgIpc) is 3.67. The minimum absolute atomic E-state index is 0.00884. The standard InChI is InChI=1S/C49H49NOSi/c1-47(2,3)30-25-39-38-27-31(21-24-43(38)51-46(39)42(26-30)48(4,5)6)50(32-19-22-35-34-15-11-13-17-40(34)49(7,8)41(35)28-32)33-20-23-37-36-16-12-14-18-44(36)52(9,10)45(37)29-33/h11-29H,1-10H3. The minimum Gasteiger partial charge on any atom is -0.456 e. The van der Waals surface area contributed by atoms with E-state index in [2.05, 4.69) is 189 Å². The van der Waals surface area contributed by atoms with Crippen molar-refractivity contribution in [1.82, 2.24) is 0 Å². The second-order valence-electron chi connectivity index (χ2n) is 18.3. The summed E-state index contributed by atoms with van der Waals surface area (Å²) in [5, 5.41) is 5.38. The number of nitrogens with zero attached hydrogens (tertiary/aromatic N) is 1. The van der Waals surface area contributed by atoms with Crippen molar-refractivity contribution in [3.05, 3.63) is 138 Å². The Hall–Kier alpha value is -4.86. The number of hydrogen-bond donors (Lipinski definition) is 0. The number of furan rings is 1. The van der Waals surface area contributed by atoms with Crippen LogP contribution in [0.1, 0.15) is 77.6 Å². The third kappa shape index (κ3) is 4.74. The Labute approximate surface area is 310 Å². The van der Waals surface area contributed by atoms with Crippen LogP contribution in [0, 0.1) is 0 Å². The first kappa shape index (κ1) is 33.0. The summed E-state index contributed by atoms with van der Waals surface area (Å²) in [6.07, 6.45) is 0. The third-order valence-corrected chi connectivity index (χ3v) is 15.7. The molecule has 1 aliphatic heterocycles. The van der Waals surface area contributed by atoms with Gasteiger partial charge < -0.3 is 9.32 Å². The maximum absolute atomic E-state index is 6.76. The van der Waals surface area contributed by atoms with Gasteiger partial charge >= 0.3 is 0 Å². The van der Waals surface area contributed by atoms with E-state index >= 15 is 0 Å². The summed E-state index contributed by atoms with van der Waals surface area (Å²) in [7, 11) is -1.90. The summed E-state index contributed by atoms with van der Waals surface area (Å²) < 4.78 is 6.76. The van der Waals surface area contributed by atoms with Crippen LogP contribution < -0.4 is 15.3 Å². The van der Waals surface area contributed by atoms with Crippen molar-refractivity contribution in [3.8, 4) is 22.3 Å². The van der Waals surface area contributed by atoms with E-state index in [4.69, 9.17) is 4.42 Å². The van der Waals surface area contributed by atoms with E-state index in [-0.39, 0.29) is 16.2 Å². The Balaban J connectivity index is 1.29. The van der Waals surface area contributed by atoms with Crippen LogP contribution >= 0.6 is 0 Å². The van der Waals surface area contributed by atoms with Gasteiger partial charge in [0.1, 0.15) is 19.2 Å². The Morgan fingerprint density at radius 2 is 1.13 bits per heavy atom. The minimum atomic E-state index is -1.90. The van der Waals surface area contributed by atoms with Gasteiger partial charge in [-0.05, 0) is 109 Å². The predicted octanol–water partition coefficient (Wildman–Crippen LogP) is 12.8. The molecule has 0 unspecified atom stereocenters. The first-order valence-corrected chi connectivity index (χ1v) is 21.9. The number of fused-ring (bicyclic) bond motifs is 9. The molecule has 0 fully saturated rings. The van der Waals surface area contributed by atoms with Crippen molar-refractivity contribution in [2.24, 2.45) is 0 Å². The summed E-state index contributed by atoms with van der Waals surface area (Å²) >= 11 is 0. The van der Waals surface area contributed by atoms with Gasteiger partial charge in [0.05, 0.1) is 0 Å². The van der Waals surface area contributed by atoms with Crippen LogP contribution in [0.4, 0.5) is 17.1 Å². The first-order valence-electron chi connectivity index (χ1n) is 18.9. The molecule has 52 heavy (non-hydrogen) atoms. The lowest BCUT2D eigenvalue weighted by Gasteiger charge is -2.29. The van der Waals surface area contributed by atoms with Crippen molar-refractivity contribution >= 4 is 57.4 Å². The number of rotatable bonds is 3. The van der Waals surface area contributed by atoms with E-state index in [0.29, 0.717) is 0 Å². The van der Waals surface area contributed by atoms with Crippen LogP contribution in [0.25, 0.3) is 44.2 Å². The van der Waals surface area contributed by atoms with Crippen molar-refractivity contribution in [2.45, 2.75) is 84.7 Å². The van der Waals surface area contributed by atoms with Gasteiger partial charge in [-0.25, -0.2) is 0 Å². The molecule has 9 rings (SSSR count). The van der Waals surface area contributed by atoms with Gasteiger partial charge in [-0.2, -0.15) is 0 Å². The molecule has 0 saturated heterocycles. The molecule has 0 amide bonds. The van der Waals surface area contributed by atoms with Gasteiger partial charge in [-0.15, -0.1) is 0 Å². The highest BCUT2D eigenvalue weighted by molar-refractivity contribution is 7.03. The van der Waals surface area contributed by atoms with Crippen LogP contribution in [0.3, 0.4) is 0 Å². The largest absolute Gasteiger partial charge is 0.456 e. The van der Waals surface area contributed by atoms with Gasteiger partial charge in [-0.3, -0.25) is 0 Å². The molecule has 0 atom stereocenters. The fraction of sp³-hybridized carbons (Fsp3) is 0.265. The quantitative estimate of drug-likeness (QED) is 0.171. The molecule has 2 nitrogen and oxygen atoms in total. The molecule has 1 aliphatic carbocycles. The lowest BCUT2D eigenvalue weighted by molar-refractivity contribution is 0.559. The van der Waals surface area contributed by atoms with Crippen LogP contribution in [0.15, 0.2) is 120 Å². The van der Waals surface area contributed by atoms with Gasteiger partial charge in [-0.1, -0.05) is 135 Å². The van der Waals surface area contributed by atoms with Crippen LogP contribution in [-0.4, -0.2) is 8.07 Å². The lowest BCUT2D eigenvalue weighted by Crippen LogP contribution is -2.49. The molecule has 7 aromatic rings. The summed E-state index contributed by atoms with van der Waals surface area (Å²) in [5.41, 5.74) is 16.1. The molecule has 0 radical (unpaired) electrons. The molecular formula is C49H49NOSi. The van der Waals surface area contributed by atoms with Crippen molar-refractivity contribution < 1.29 is 4.42 Å². The third-order valence-electron chi connectivity index (χ3n) is 12.1. The highest BCUT2D eigenvalue weighted by Crippen LogP contribution is 2.51. The summed E-state index contributed by atoms with van der Waals surface area (Å²) in [5.74, 6) is 0. The predicted molar refractivity (Wildman–Crippen MR) is 226 cm³/mol.